The average molecular weight is 231 g/mol. The third kappa shape index (κ3) is 5.42. The number of aliphatic hydroxyl groups is 1. The molecular formula is C9H17N3O4. The molecule has 0 aromatic rings. The maximum absolute atomic E-state index is 11.3. The Balaban J connectivity index is 4.16. The number of hydrogen-bond donors (Lipinski definition) is 4. The van der Waals surface area contributed by atoms with Crippen LogP contribution >= 0.6 is 0 Å². The minimum atomic E-state index is -1.10. The highest BCUT2D eigenvalue weighted by molar-refractivity contribution is 5.85. The predicted molar refractivity (Wildman–Crippen MR) is 56.1 cm³/mol. The van der Waals surface area contributed by atoms with E-state index in [1.807, 2.05) is 0 Å². The van der Waals surface area contributed by atoms with E-state index < -0.39 is 30.0 Å². The van der Waals surface area contributed by atoms with E-state index >= 15 is 0 Å². The molecule has 7 nitrogen and oxygen atoms in total. The molecule has 0 aliphatic rings. The Bertz CT molecular complexity index is 267. The van der Waals surface area contributed by atoms with Gasteiger partial charge in [0, 0.05) is 6.42 Å². The highest BCUT2D eigenvalue weighted by Crippen LogP contribution is 1.96. The number of rotatable bonds is 7. The fourth-order valence-electron chi connectivity index (χ4n) is 0.970. The normalized spacial score (nSPS) is 15.9. The molecule has 0 aromatic heterocycles. The maximum atomic E-state index is 11.3. The van der Waals surface area contributed by atoms with Gasteiger partial charge in [0.1, 0.15) is 12.3 Å². The van der Waals surface area contributed by atoms with Crippen molar-refractivity contribution in [2.45, 2.75) is 38.0 Å². The summed E-state index contributed by atoms with van der Waals surface area (Å²) in [7, 11) is 0. The third-order valence-corrected chi connectivity index (χ3v) is 2.02. The van der Waals surface area contributed by atoms with E-state index in [4.69, 9.17) is 16.6 Å². The topological polar surface area (TPSA) is 136 Å². The van der Waals surface area contributed by atoms with Crippen LogP contribution in [-0.4, -0.2) is 41.4 Å². The molecule has 0 rings (SSSR count). The van der Waals surface area contributed by atoms with Crippen molar-refractivity contribution >= 4 is 18.1 Å². The fourth-order valence-corrected chi connectivity index (χ4v) is 0.970. The summed E-state index contributed by atoms with van der Waals surface area (Å²) >= 11 is 0. The molecule has 0 saturated carbocycles. The maximum Gasteiger partial charge on any atom is 0.240 e. The predicted octanol–water partition coefficient (Wildman–Crippen LogP) is -2.36. The summed E-state index contributed by atoms with van der Waals surface area (Å²) in [6.45, 7) is 1.36. The molecule has 92 valence electrons. The zero-order chi connectivity index (χ0) is 12.7. The third-order valence-electron chi connectivity index (χ3n) is 2.02. The zero-order valence-electron chi connectivity index (χ0n) is 9.05. The van der Waals surface area contributed by atoms with Gasteiger partial charge in [0.25, 0.3) is 0 Å². The number of aldehydes is 1. The lowest BCUT2D eigenvalue weighted by molar-refractivity contribution is -0.127. The van der Waals surface area contributed by atoms with Crippen molar-refractivity contribution in [2.24, 2.45) is 11.5 Å². The number of primary amides is 1. The minimum Gasteiger partial charge on any atom is -0.391 e. The Labute approximate surface area is 93.2 Å². The van der Waals surface area contributed by atoms with Crippen molar-refractivity contribution in [1.29, 1.82) is 0 Å². The van der Waals surface area contributed by atoms with Gasteiger partial charge in [0.2, 0.25) is 11.8 Å². The monoisotopic (exact) mass is 231 g/mol. The van der Waals surface area contributed by atoms with Crippen molar-refractivity contribution in [2.75, 3.05) is 0 Å². The van der Waals surface area contributed by atoms with Crippen LogP contribution in [-0.2, 0) is 14.4 Å². The quantitative estimate of drug-likeness (QED) is 0.363. The largest absolute Gasteiger partial charge is 0.391 e. The molecule has 0 bridgehead atoms. The van der Waals surface area contributed by atoms with Crippen LogP contribution < -0.4 is 16.8 Å². The second kappa shape index (κ2) is 6.91. The summed E-state index contributed by atoms with van der Waals surface area (Å²) in [5, 5.41) is 11.4. The van der Waals surface area contributed by atoms with Crippen molar-refractivity contribution in [1.82, 2.24) is 5.32 Å². The van der Waals surface area contributed by atoms with Gasteiger partial charge in [0.05, 0.1) is 12.1 Å². The highest BCUT2D eigenvalue weighted by Gasteiger charge is 2.21. The second-order valence-electron chi connectivity index (χ2n) is 3.52. The standard InChI is InChI=1S/C9H17N3O4/c1-5(14)8(11)9(16)12-6(4-13)2-3-7(10)15/h4-6,8,14H,2-3,11H2,1H3,(H2,10,15)(H,12,16)/t5-,6+,8+/m0/s1. The van der Waals surface area contributed by atoms with Gasteiger partial charge in [-0.1, -0.05) is 0 Å². The van der Waals surface area contributed by atoms with E-state index in [0.29, 0.717) is 6.29 Å². The summed E-state index contributed by atoms with van der Waals surface area (Å²) in [4.78, 5) is 32.4. The van der Waals surface area contributed by atoms with Crippen molar-refractivity contribution in [3.63, 3.8) is 0 Å². The van der Waals surface area contributed by atoms with Crippen LogP contribution in [0.2, 0.25) is 0 Å². The van der Waals surface area contributed by atoms with Crippen molar-refractivity contribution in [3.05, 3.63) is 0 Å². The summed E-state index contributed by atoms with van der Waals surface area (Å²) in [6.07, 6.45) is -0.399. The van der Waals surface area contributed by atoms with E-state index in [2.05, 4.69) is 5.32 Å². The number of carbonyl (C=O) groups is 3. The molecule has 0 aromatic carbocycles. The molecule has 2 amide bonds. The molecule has 7 heteroatoms. The number of amides is 2. The van der Waals surface area contributed by atoms with Crippen LogP contribution in [0, 0.1) is 0 Å². The lowest BCUT2D eigenvalue weighted by Gasteiger charge is -2.17. The van der Waals surface area contributed by atoms with Crippen LogP contribution in [0.4, 0.5) is 0 Å². The molecular weight excluding hydrogens is 214 g/mol. The molecule has 3 atom stereocenters. The van der Waals surface area contributed by atoms with Gasteiger partial charge in [-0.2, -0.15) is 0 Å². The summed E-state index contributed by atoms with van der Waals surface area (Å²) in [5.74, 6) is -1.20. The second-order valence-corrected chi connectivity index (χ2v) is 3.52. The van der Waals surface area contributed by atoms with Crippen molar-refractivity contribution < 1.29 is 19.5 Å². The number of aliphatic hydroxyl groups excluding tert-OH is 1. The lowest BCUT2D eigenvalue weighted by atomic mass is 10.1. The first-order chi connectivity index (χ1) is 7.38. The Morgan fingerprint density at radius 2 is 2.06 bits per heavy atom. The first-order valence-electron chi connectivity index (χ1n) is 4.86. The Hall–Kier alpha value is -1.47. The van der Waals surface area contributed by atoms with Gasteiger partial charge in [-0.25, -0.2) is 0 Å². The van der Waals surface area contributed by atoms with E-state index in [1.54, 1.807) is 0 Å². The van der Waals surface area contributed by atoms with Gasteiger partial charge in [-0.3, -0.25) is 9.59 Å². The summed E-state index contributed by atoms with van der Waals surface area (Å²) in [5.41, 5.74) is 10.3. The molecule has 16 heavy (non-hydrogen) atoms. The van der Waals surface area contributed by atoms with Crippen LogP contribution in [0.1, 0.15) is 19.8 Å². The lowest BCUT2D eigenvalue weighted by Crippen LogP contribution is -2.50. The Morgan fingerprint density at radius 1 is 1.50 bits per heavy atom. The summed E-state index contributed by atoms with van der Waals surface area (Å²) in [6, 6.07) is -1.92. The fraction of sp³-hybridized carbons (Fsp3) is 0.667. The number of carbonyl (C=O) groups excluding carboxylic acids is 3. The smallest absolute Gasteiger partial charge is 0.240 e. The molecule has 0 fully saturated rings. The molecule has 0 heterocycles. The van der Waals surface area contributed by atoms with Gasteiger partial charge in [-0.15, -0.1) is 0 Å². The van der Waals surface area contributed by atoms with E-state index in [9.17, 15) is 14.4 Å². The Kier molecular flexibility index (Phi) is 6.28. The molecule has 6 N–H and O–H groups in total. The first kappa shape index (κ1) is 14.5. The first-order valence-corrected chi connectivity index (χ1v) is 4.86. The number of hydrogen-bond acceptors (Lipinski definition) is 5. The number of nitrogens with one attached hydrogen (secondary N) is 1. The van der Waals surface area contributed by atoms with Gasteiger partial charge in [0.15, 0.2) is 0 Å². The molecule has 0 aliphatic carbocycles. The van der Waals surface area contributed by atoms with E-state index in [-0.39, 0.29) is 12.8 Å². The van der Waals surface area contributed by atoms with Gasteiger partial charge in [-0.05, 0) is 13.3 Å². The van der Waals surface area contributed by atoms with Crippen molar-refractivity contribution in [3.8, 4) is 0 Å². The zero-order valence-corrected chi connectivity index (χ0v) is 9.05. The molecule has 0 radical (unpaired) electrons. The van der Waals surface area contributed by atoms with E-state index in [0.717, 1.165) is 0 Å². The summed E-state index contributed by atoms with van der Waals surface area (Å²) < 4.78 is 0. The Morgan fingerprint density at radius 3 is 2.44 bits per heavy atom. The molecule has 0 unspecified atom stereocenters. The highest BCUT2D eigenvalue weighted by atomic mass is 16.3. The van der Waals surface area contributed by atoms with Crippen LogP contribution in [0.25, 0.3) is 0 Å². The van der Waals surface area contributed by atoms with E-state index in [1.165, 1.54) is 6.92 Å². The van der Waals surface area contributed by atoms with Crippen LogP contribution in [0.5, 0.6) is 0 Å². The van der Waals surface area contributed by atoms with Crippen LogP contribution in [0.15, 0.2) is 0 Å². The molecule has 0 spiro atoms. The number of nitrogens with two attached hydrogens (primary N) is 2. The minimum absolute atomic E-state index is 0.00635. The average Bonchev–Trinajstić information content (AvgIpc) is 2.22. The molecule has 0 saturated heterocycles. The van der Waals surface area contributed by atoms with Gasteiger partial charge < -0.3 is 26.7 Å². The molecule has 0 aliphatic heterocycles. The van der Waals surface area contributed by atoms with Gasteiger partial charge >= 0.3 is 0 Å². The SMILES string of the molecule is C[C@H](O)[C@@H](N)C(=O)N[C@@H](C=O)CCC(N)=O. The van der Waals surface area contributed by atoms with Crippen LogP contribution in [0.3, 0.4) is 0 Å².